The van der Waals surface area contributed by atoms with Crippen LogP contribution in [0.25, 0.3) is 0 Å². The van der Waals surface area contributed by atoms with Crippen molar-refractivity contribution in [3.05, 3.63) is 65.2 Å². The number of nitrogens with one attached hydrogen (secondary N) is 2. The molecule has 2 aromatic rings. The van der Waals surface area contributed by atoms with Gasteiger partial charge in [-0.25, -0.2) is 4.79 Å². The topological polar surface area (TPSA) is 78.5 Å². The Bertz CT molecular complexity index is 787. The van der Waals surface area contributed by atoms with E-state index >= 15 is 0 Å². The molecule has 1 heterocycles. The quantitative estimate of drug-likeness (QED) is 0.853. The van der Waals surface area contributed by atoms with Crippen LogP contribution in [-0.4, -0.2) is 29.8 Å². The van der Waals surface area contributed by atoms with E-state index in [-0.39, 0.29) is 17.8 Å². The van der Waals surface area contributed by atoms with Gasteiger partial charge in [-0.05, 0) is 23.8 Å². The summed E-state index contributed by atoms with van der Waals surface area (Å²) in [7, 11) is 1.43. The van der Waals surface area contributed by atoms with Gasteiger partial charge in [0.15, 0.2) is 0 Å². The molecule has 0 spiro atoms. The predicted molar refractivity (Wildman–Crippen MR) is 85.2 cm³/mol. The number of carbonyl (C=O) groups excluding carboxylic acids is 3. The average molecular weight is 309 g/mol. The highest BCUT2D eigenvalue weighted by atomic mass is 16.2. The number of anilines is 1. The summed E-state index contributed by atoms with van der Waals surface area (Å²) >= 11 is 0. The van der Waals surface area contributed by atoms with Crippen molar-refractivity contribution in [3.63, 3.8) is 0 Å². The standard InChI is InChI=1S/C17H15N3O3/c1-20-15(21)13-8-7-12(9-14(13)16(20)22)19-17(23)18-10-11-5-3-2-4-6-11/h2-9H,10H2,1H3,(H2,18,19,23). The molecule has 116 valence electrons. The van der Waals surface area contributed by atoms with Crippen molar-refractivity contribution in [2.45, 2.75) is 6.54 Å². The second kappa shape index (κ2) is 5.92. The van der Waals surface area contributed by atoms with E-state index in [1.54, 1.807) is 12.1 Å². The zero-order valence-electron chi connectivity index (χ0n) is 12.5. The molecule has 0 bridgehead atoms. The van der Waals surface area contributed by atoms with E-state index in [4.69, 9.17) is 0 Å². The summed E-state index contributed by atoms with van der Waals surface area (Å²) in [6, 6.07) is 13.8. The predicted octanol–water partition coefficient (Wildman–Crippen LogP) is 2.23. The Labute approximate surface area is 133 Å². The van der Waals surface area contributed by atoms with Crippen molar-refractivity contribution < 1.29 is 14.4 Å². The Morgan fingerprint density at radius 2 is 1.70 bits per heavy atom. The summed E-state index contributed by atoms with van der Waals surface area (Å²) in [5, 5.41) is 5.39. The number of imide groups is 1. The smallest absolute Gasteiger partial charge is 0.319 e. The molecule has 0 aromatic heterocycles. The molecule has 0 aliphatic carbocycles. The molecule has 0 saturated carbocycles. The third-order valence-corrected chi connectivity index (χ3v) is 3.64. The van der Waals surface area contributed by atoms with Gasteiger partial charge in [-0.15, -0.1) is 0 Å². The van der Waals surface area contributed by atoms with Crippen molar-refractivity contribution in [1.82, 2.24) is 10.2 Å². The van der Waals surface area contributed by atoms with Crippen LogP contribution in [-0.2, 0) is 6.54 Å². The molecule has 0 unspecified atom stereocenters. The van der Waals surface area contributed by atoms with E-state index in [1.807, 2.05) is 30.3 Å². The molecule has 0 saturated heterocycles. The fourth-order valence-corrected chi connectivity index (χ4v) is 2.39. The number of benzene rings is 2. The van der Waals surface area contributed by atoms with Gasteiger partial charge in [0.25, 0.3) is 11.8 Å². The Hall–Kier alpha value is -3.15. The maximum atomic E-state index is 11.9. The van der Waals surface area contributed by atoms with E-state index in [0.717, 1.165) is 10.5 Å². The third kappa shape index (κ3) is 2.91. The Morgan fingerprint density at radius 1 is 1.00 bits per heavy atom. The van der Waals surface area contributed by atoms with Gasteiger partial charge in [-0.1, -0.05) is 30.3 Å². The molecule has 2 aromatic carbocycles. The molecule has 0 radical (unpaired) electrons. The van der Waals surface area contributed by atoms with E-state index in [0.29, 0.717) is 23.4 Å². The number of carbonyl (C=O) groups is 3. The van der Waals surface area contributed by atoms with Crippen LogP contribution in [0, 0.1) is 0 Å². The SMILES string of the molecule is CN1C(=O)c2ccc(NC(=O)NCc3ccccc3)cc2C1=O. The minimum absolute atomic E-state index is 0.304. The van der Waals surface area contributed by atoms with Gasteiger partial charge in [-0.3, -0.25) is 14.5 Å². The number of hydrogen-bond donors (Lipinski definition) is 2. The lowest BCUT2D eigenvalue weighted by atomic mass is 10.1. The summed E-state index contributed by atoms with van der Waals surface area (Å²) in [5.74, 6) is -0.691. The first kappa shape index (κ1) is 14.8. The fraction of sp³-hybridized carbons (Fsp3) is 0.118. The molecule has 1 aliphatic rings. The monoisotopic (exact) mass is 309 g/mol. The molecule has 6 nitrogen and oxygen atoms in total. The maximum Gasteiger partial charge on any atom is 0.319 e. The van der Waals surface area contributed by atoms with Crippen molar-refractivity contribution >= 4 is 23.5 Å². The number of nitrogens with zero attached hydrogens (tertiary/aromatic N) is 1. The number of urea groups is 1. The molecule has 6 heteroatoms. The maximum absolute atomic E-state index is 11.9. The van der Waals surface area contributed by atoms with E-state index in [1.165, 1.54) is 13.1 Å². The number of rotatable bonds is 3. The number of fused-ring (bicyclic) bond motifs is 1. The first-order valence-electron chi connectivity index (χ1n) is 7.11. The van der Waals surface area contributed by atoms with Crippen LogP contribution < -0.4 is 10.6 Å². The van der Waals surface area contributed by atoms with Crippen LogP contribution in [0.1, 0.15) is 26.3 Å². The summed E-state index contributed by atoms with van der Waals surface area (Å²) in [6.07, 6.45) is 0. The van der Waals surface area contributed by atoms with Crippen LogP contribution in [0.15, 0.2) is 48.5 Å². The second-order valence-electron chi connectivity index (χ2n) is 5.22. The van der Waals surface area contributed by atoms with E-state index in [9.17, 15) is 14.4 Å². The lowest BCUT2D eigenvalue weighted by Gasteiger charge is -2.08. The normalized spacial score (nSPS) is 13.0. The van der Waals surface area contributed by atoms with Gasteiger partial charge in [0.05, 0.1) is 11.1 Å². The third-order valence-electron chi connectivity index (χ3n) is 3.64. The molecular formula is C17H15N3O3. The average Bonchev–Trinajstić information content (AvgIpc) is 2.78. The van der Waals surface area contributed by atoms with Crippen molar-refractivity contribution in [3.8, 4) is 0 Å². The molecule has 23 heavy (non-hydrogen) atoms. The minimum atomic E-state index is -0.376. The second-order valence-corrected chi connectivity index (χ2v) is 5.22. The highest BCUT2D eigenvalue weighted by molar-refractivity contribution is 6.21. The van der Waals surface area contributed by atoms with E-state index in [2.05, 4.69) is 10.6 Å². The zero-order chi connectivity index (χ0) is 16.4. The lowest BCUT2D eigenvalue weighted by molar-refractivity contribution is 0.0693. The van der Waals surface area contributed by atoms with Gasteiger partial charge in [0.1, 0.15) is 0 Å². The highest BCUT2D eigenvalue weighted by Gasteiger charge is 2.32. The molecule has 2 N–H and O–H groups in total. The van der Waals surface area contributed by atoms with Crippen LogP contribution >= 0.6 is 0 Å². The minimum Gasteiger partial charge on any atom is -0.334 e. The molecular weight excluding hydrogens is 294 g/mol. The molecule has 4 amide bonds. The first-order valence-corrected chi connectivity index (χ1v) is 7.11. The Balaban J connectivity index is 1.66. The van der Waals surface area contributed by atoms with Gasteiger partial charge >= 0.3 is 6.03 Å². The van der Waals surface area contributed by atoms with Crippen molar-refractivity contribution in [1.29, 1.82) is 0 Å². The first-order chi connectivity index (χ1) is 11.1. The molecule has 0 atom stereocenters. The molecule has 3 rings (SSSR count). The molecule has 1 aliphatic heterocycles. The number of hydrogen-bond acceptors (Lipinski definition) is 3. The van der Waals surface area contributed by atoms with Crippen molar-refractivity contribution in [2.24, 2.45) is 0 Å². The largest absolute Gasteiger partial charge is 0.334 e. The summed E-state index contributed by atoms with van der Waals surface area (Å²) in [4.78, 5) is 36.7. The Morgan fingerprint density at radius 3 is 2.43 bits per heavy atom. The van der Waals surface area contributed by atoms with Crippen LogP contribution in [0.5, 0.6) is 0 Å². The van der Waals surface area contributed by atoms with Crippen LogP contribution in [0.2, 0.25) is 0 Å². The van der Waals surface area contributed by atoms with Crippen molar-refractivity contribution in [2.75, 3.05) is 12.4 Å². The van der Waals surface area contributed by atoms with Crippen LogP contribution in [0.4, 0.5) is 10.5 Å². The summed E-state index contributed by atoms with van der Waals surface area (Å²) in [6.45, 7) is 0.401. The van der Waals surface area contributed by atoms with Crippen LogP contribution in [0.3, 0.4) is 0 Å². The van der Waals surface area contributed by atoms with E-state index < -0.39 is 0 Å². The van der Waals surface area contributed by atoms with Gasteiger partial charge in [-0.2, -0.15) is 0 Å². The Kier molecular flexibility index (Phi) is 3.80. The molecule has 0 fully saturated rings. The number of amides is 4. The van der Waals surface area contributed by atoms with Gasteiger partial charge < -0.3 is 10.6 Å². The zero-order valence-corrected chi connectivity index (χ0v) is 12.5. The lowest BCUT2D eigenvalue weighted by Crippen LogP contribution is -2.28. The summed E-state index contributed by atoms with van der Waals surface area (Å²) < 4.78 is 0. The fourth-order valence-electron chi connectivity index (χ4n) is 2.39. The van der Waals surface area contributed by atoms with Gasteiger partial charge in [0, 0.05) is 19.3 Å². The van der Waals surface area contributed by atoms with Gasteiger partial charge in [0.2, 0.25) is 0 Å². The summed E-state index contributed by atoms with van der Waals surface area (Å²) in [5.41, 5.74) is 2.11. The highest BCUT2D eigenvalue weighted by Crippen LogP contribution is 2.24.